The molecule has 110 valence electrons. The predicted molar refractivity (Wildman–Crippen MR) is 72.2 cm³/mol. The molecule has 0 aromatic heterocycles. The van der Waals surface area contributed by atoms with Gasteiger partial charge in [0.15, 0.2) is 0 Å². The lowest BCUT2D eigenvalue weighted by Gasteiger charge is -2.17. The highest BCUT2D eigenvalue weighted by molar-refractivity contribution is 7.99. The lowest BCUT2D eigenvalue weighted by Crippen LogP contribution is -2.49. The van der Waals surface area contributed by atoms with Crippen LogP contribution in [0.4, 0.5) is 4.79 Å². The normalized spacial score (nSPS) is 13.2. The summed E-state index contributed by atoms with van der Waals surface area (Å²) in [5, 5.41) is 13.7. The van der Waals surface area contributed by atoms with Crippen molar-refractivity contribution >= 4 is 29.7 Å². The fourth-order valence-corrected chi connectivity index (χ4v) is 1.88. The molecule has 0 aromatic rings. The fourth-order valence-electron chi connectivity index (χ4n) is 1.21. The van der Waals surface area contributed by atoms with Gasteiger partial charge in [-0.05, 0) is 12.7 Å². The zero-order valence-corrected chi connectivity index (χ0v) is 12.1. The number of amides is 2. The lowest BCUT2D eigenvalue weighted by molar-refractivity contribution is -0.147. The first-order valence-corrected chi connectivity index (χ1v) is 7.00. The number of esters is 1. The molecular weight excluding hydrogens is 272 g/mol. The number of methoxy groups -OCH3 is 1. The average molecular weight is 292 g/mol. The van der Waals surface area contributed by atoms with E-state index in [-0.39, 0.29) is 6.04 Å². The lowest BCUT2D eigenvalue weighted by atomic mass is 10.2. The summed E-state index contributed by atoms with van der Waals surface area (Å²) in [6.45, 7) is 3.83. The van der Waals surface area contributed by atoms with E-state index in [0.717, 1.165) is 18.6 Å². The van der Waals surface area contributed by atoms with Crippen molar-refractivity contribution in [2.75, 3.05) is 18.6 Å². The third-order valence-electron chi connectivity index (χ3n) is 2.15. The predicted octanol–water partition coefficient (Wildman–Crippen LogP) is 0.444. The van der Waals surface area contributed by atoms with Crippen molar-refractivity contribution in [2.45, 2.75) is 32.4 Å². The number of aliphatic carboxylic acids is 1. The molecular formula is C11H20N2O5S. The molecule has 2 atom stereocenters. The van der Waals surface area contributed by atoms with E-state index in [2.05, 4.69) is 15.4 Å². The van der Waals surface area contributed by atoms with E-state index in [0.29, 0.717) is 0 Å². The number of nitrogens with one attached hydrogen (secondary N) is 2. The van der Waals surface area contributed by atoms with E-state index in [1.165, 1.54) is 0 Å². The van der Waals surface area contributed by atoms with Crippen LogP contribution in [-0.2, 0) is 14.3 Å². The third-order valence-corrected chi connectivity index (χ3v) is 3.30. The van der Waals surface area contributed by atoms with Crippen LogP contribution in [0, 0.1) is 0 Å². The summed E-state index contributed by atoms with van der Waals surface area (Å²) in [5.74, 6) is -0.301. The highest BCUT2D eigenvalue weighted by Crippen LogP contribution is 2.01. The van der Waals surface area contributed by atoms with Crippen LogP contribution in [0.1, 0.15) is 20.3 Å². The summed E-state index contributed by atoms with van der Waals surface area (Å²) in [4.78, 5) is 33.5. The molecule has 7 nitrogen and oxygen atoms in total. The van der Waals surface area contributed by atoms with Crippen molar-refractivity contribution in [3.63, 3.8) is 0 Å². The number of hydrogen-bond donors (Lipinski definition) is 3. The molecule has 0 radical (unpaired) electrons. The second-order valence-corrected chi connectivity index (χ2v) is 5.17. The van der Waals surface area contributed by atoms with E-state index >= 15 is 0 Å². The van der Waals surface area contributed by atoms with Crippen LogP contribution < -0.4 is 10.6 Å². The van der Waals surface area contributed by atoms with E-state index in [9.17, 15) is 14.4 Å². The van der Waals surface area contributed by atoms with Crippen LogP contribution in [0.25, 0.3) is 0 Å². The van der Waals surface area contributed by atoms with E-state index in [4.69, 9.17) is 5.11 Å². The number of carboxylic acids is 1. The Kier molecular flexibility index (Phi) is 8.77. The minimum absolute atomic E-state index is 0.0856. The monoisotopic (exact) mass is 292 g/mol. The smallest absolute Gasteiger partial charge is 0.326 e. The van der Waals surface area contributed by atoms with Gasteiger partial charge in [-0.3, -0.25) is 4.79 Å². The highest BCUT2D eigenvalue weighted by Gasteiger charge is 2.24. The van der Waals surface area contributed by atoms with Crippen molar-refractivity contribution in [1.29, 1.82) is 0 Å². The Hall–Kier alpha value is -1.44. The molecule has 0 aromatic carbocycles. The second-order valence-electron chi connectivity index (χ2n) is 3.85. The van der Waals surface area contributed by atoms with E-state index < -0.39 is 30.4 Å². The highest BCUT2D eigenvalue weighted by atomic mass is 32.2. The fraction of sp³-hybridized carbons (Fsp3) is 0.727. The van der Waals surface area contributed by atoms with Crippen molar-refractivity contribution in [3.05, 3.63) is 0 Å². The van der Waals surface area contributed by atoms with Gasteiger partial charge >= 0.3 is 18.0 Å². The van der Waals surface area contributed by atoms with Crippen LogP contribution >= 0.6 is 11.8 Å². The maximum absolute atomic E-state index is 11.6. The van der Waals surface area contributed by atoms with Crippen molar-refractivity contribution in [1.82, 2.24) is 10.6 Å². The van der Waals surface area contributed by atoms with Crippen LogP contribution in [-0.4, -0.2) is 53.8 Å². The van der Waals surface area contributed by atoms with Gasteiger partial charge in [0.1, 0.15) is 6.04 Å². The van der Waals surface area contributed by atoms with Gasteiger partial charge in [-0.25, -0.2) is 9.59 Å². The molecule has 0 aliphatic heterocycles. The molecule has 0 bridgehead atoms. The number of carbonyl (C=O) groups excluding carboxylic acids is 2. The number of thioether (sulfide) groups is 1. The molecule has 19 heavy (non-hydrogen) atoms. The van der Waals surface area contributed by atoms with Gasteiger partial charge < -0.3 is 20.5 Å². The summed E-state index contributed by atoms with van der Waals surface area (Å²) >= 11 is 1.66. The number of urea groups is 1. The minimum atomic E-state index is -1.29. The summed E-state index contributed by atoms with van der Waals surface area (Å²) in [6, 6.07) is -1.99. The number of rotatable bonds is 8. The Bertz CT molecular complexity index is 324. The number of ether oxygens (including phenoxy) is 1. The van der Waals surface area contributed by atoms with Gasteiger partial charge in [-0.15, -0.1) is 0 Å². The van der Waals surface area contributed by atoms with Crippen LogP contribution in [0.2, 0.25) is 0 Å². The molecule has 0 aliphatic rings. The topological polar surface area (TPSA) is 105 Å². The molecule has 0 spiro atoms. The van der Waals surface area contributed by atoms with Crippen molar-refractivity contribution in [3.8, 4) is 0 Å². The molecule has 8 heteroatoms. The molecule has 1 unspecified atom stereocenters. The zero-order chi connectivity index (χ0) is 14.8. The van der Waals surface area contributed by atoms with Crippen molar-refractivity contribution in [2.24, 2.45) is 0 Å². The Morgan fingerprint density at radius 1 is 1.32 bits per heavy atom. The average Bonchev–Trinajstić information content (AvgIpc) is 2.34. The summed E-state index contributed by atoms with van der Waals surface area (Å²) in [5.41, 5.74) is 0. The third kappa shape index (κ3) is 8.30. The van der Waals surface area contributed by atoms with Gasteiger partial charge in [0.2, 0.25) is 0 Å². The Labute approximate surface area is 116 Å². The largest absolute Gasteiger partial charge is 0.480 e. The maximum Gasteiger partial charge on any atom is 0.326 e. The first kappa shape index (κ1) is 17.6. The zero-order valence-electron chi connectivity index (χ0n) is 11.3. The van der Waals surface area contributed by atoms with E-state index in [1.54, 1.807) is 11.8 Å². The summed E-state index contributed by atoms with van der Waals surface area (Å²) in [6.07, 6.45) is -0.405. The molecule has 3 N–H and O–H groups in total. The van der Waals surface area contributed by atoms with Crippen molar-refractivity contribution < 1.29 is 24.2 Å². The Morgan fingerprint density at radius 2 is 1.95 bits per heavy atom. The number of carbonyl (C=O) groups is 3. The Balaban J connectivity index is 4.24. The first-order valence-electron chi connectivity index (χ1n) is 5.85. The first-order chi connectivity index (χ1) is 8.90. The van der Waals surface area contributed by atoms with E-state index in [1.807, 2.05) is 13.8 Å². The number of hydrogen-bond acceptors (Lipinski definition) is 5. The molecule has 0 aliphatic carbocycles. The minimum Gasteiger partial charge on any atom is -0.480 e. The van der Waals surface area contributed by atoms with Gasteiger partial charge in [-0.2, -0.15) is 11.8 Å². The second kappa shape index (κ2) is 9.48. The van der Waals surface area contributed by atoms with Gasteiger partial charge in [-0.1, -0.05) is 6.92 Å². The molecule has 0 saturated carbocycles. The van der Waals surface area contributed by atoms with Gasteiger partial charge in [0, 0.05) is 11.8 Å². The quantitative estimate of drug-likeness (QED) is 0.561. The van der Waals surface area contributed by atoms with Gasteiger partial charge in [0.05, 0.1) is 13.5 Å². The standard InChI is InChI=1S/C11H20N2O5S/c1-4-19-6-7(2)12-11(17)13-8(10(15)16)5-9(14)18-3/h7-8H,4-6H2,1-3H3,(H,15,16)(H2,12,13,17)/t7?,8-/m0/s1. The SMILES string of the molecule is CCSCC(C)NC(=O)N[C@@H](CC(=O)OC)C(=O)O. The molecule has 0 rings (SSSR count). The number of carboxylic acid groups (broad SMARTS) is 1. The molecule has 2 amide bonds. The molecule has 0 saturated heterocycles. The van der Waals surface area contributed by atoms with Crippen LogP contribution in [0.3, 0.4) is 0 Å². The van der Waals surface area contributed by atoms with Gasteiger partial charge in [0.25, 0.3) is 0 Å². The maximum atomic E-state index is 11.6. The van der Waals surface area contributed by atoms with Crippen LogP contribution in [0.15, 0.2) is 0 Å². The van der Waals surface area contributed by atoms with Crippen LogP contribution in [0.5, 0.6) is 0 Å². The summed E-state index contributed by atoms with van der Waals surface area (Å²) < 4.78 is 4.37. The summed E-state index contributed by atoms with van der Waals surface area (Å²) in [7, 11) is 1.16. The molecule has 0 fully saturated rings. The Morgan fingerprint density at radius 3 is 2.42 bits per heavy atom. The molecule has 0 heterocycles.